The summed E-state index contributed by atoms with van der Waals surface area (Å²) in [6.45, 7) is 2.83. The van der Waals surface area contributed by atoms with Gasteiger partial charge in [0.25, 0.3) is 0 Å². The zero-order valence-corrected chi connectivity index (χ0v) is 14.2. The molecule has 4 nitrogen and oxygen atoms in total. The van der Waals surface area contributed by atoms with Gasteiger partial charge in [0.15, 0.2) is 0 Å². The van der Waals surface area contributed by atoms with Crippen LogP contribution in [0.3, 0.4) is 0 Å². The van der Waals surface area contributed by atoms with Crippen molar-refractivity contribution in [2.45, 2.75) is 49.7 Å². The molecular formula is C15H25NO3S2. The third-order valence-electron chi connectivity index (χ3n) is 4.37. The maximum Gasteiger partial charge on any atom is 0.250 e. The predicted molar refractivity (Wildman–Crippen MR) is 86.0 cm³/mol. The Kier molecular flexibility index (Phi) is 6.22. The maximum absolute atomic E-state index is 12.2. The summed E-state index contributed by atoms with van der Waals surface area (Å²) in [4.78, 5) is 0.904. The summed E-state index contributed by atoms with van der Waals surface area (Å²) in [6, 6.07) is 3.41. The van der Waals surface area contributed by atoms with Crippen molar-refractivity contribution >= 4 is 21.4 Å². The van der Waals surface area contributed by atoms with Gasteiger partial charge in [0, 0.05) is 24.4 Å². The number of rotatable bonds is 7. The van der Waals surface area contributed by atoms with Crippen LogP contribution >= 0.6 is 11.3 Å². The summed E-state index contributed by atoms with van der Waals surface area (Å²) < 4.78 is 27.6. The number of aliphatic hydroxyl groups excluding tert-OH is 1. The zero-order valence-electron chi connectivity index (χ0n) is 12.5. The first kappa shape index (κ1) is 16.9. The molecule has 1 aromatic heterocycles. The summed E-state index contributed by atoms with van der Waals surface area (Å²) in [6.07, 6.45) is 6.45. The van der Waals surface area contributed by atoms with Crippen LogP contribution in [0.15, 0.2) is 16.3 Å². The molecule has 0 aliphatic heterocycles. The van der Waals surface area contributed by atoms with Crippen LogP contribution in [0.4, 0.5) is 0 Å². The highest BCUT2D eigenvalue weighted by atomic mass is 32.2. The van der Waals surface area contributed by atoms with Crippen LogP contribution in [0.2, 0.25) is 0 Å². The first-order valence-corrected chi connectivity index (χ1v) is 10.0. The molecule has 0 spiro atoms. The third kappa shape index (κ3) is 4.77. The second kappa shape index (κ2) is 7.72. The first-order valence-electron chi connectivity index (χ1n) is 7.74. The highest BCUT2D eigenvalue weighted by molar-refractivity contribution is 7.91. The first-order chi connectivity index (χ1) is 10.0. The normalized spacial score (nSPS) is 23.3. The summed E-state index contributed by atoms with van der Waals surface area (Å²) in [5.41, 5.74) is 0. The fourth-order valence-corrected chi connectivity index (χ4v) is 5.39. The molecule has 1 saturated carbocycles. The van der Waals surface area contributed by atoms with Gasteiger partial charge in [0.1, 0.15) is 4.21 Å². The average Bonchev–Trinajstić information content (AvgIpc) is 2.96. The number of nitrogens with one attached hydrogen (secondary N) is 1. The molecule has 1 fully saturated rings. The van der Waals surface area contributed by atoms with Crippen molar-refractivity contribution in [3.63, 3.8) is 0 Å². The monoisotopic (exact) mass is 331 g/mol. The number of thiophene rings is 1. The molecule has 0 aromatic carbocycles. The maximum atomic E-state index is 12.2. The van der Waals surface area contributed by atoms with Crippen LogP contribution in [-0.2, 0) is 16.4 Å². The Morgan fingerprint density at radius 3 is 2.52 bits per heavy atom. The lowest BCUT2D eigenvalue weighted by molar-refractivity contribution is 0.270. The highest BCUT2D eigenvalue weighted by Gasteiger charge is 2.23. The summed E-state index contributed by atoms with van der Waals surface area (Å²) in [7, 11) is -3.39. The predicted octanol–water partition coefficient (Wildman–Crippen LogP) is 2.78. The largest absolute Gasteiger partial charge is 0.396 e. The molecule has 0 radical (unpaired) electrons. The molecule has 1 aromatic rings. The van der Waals surface area contributed by atoms with Crippen molar-refractivity contribution in [3.8, 4) is 0 Å². The average molecular weight is 332 g/mol. The SMILES string of the molecule is CCC1CCC(CNS(=O)(=O)c2ccc(CCO)s2)CC1. The van der Waals surface area contributed by atoms with Crippen LogP contribution in [0, 0.1) is 11.8 Å². The number of sulfonamides is 1. The molecule has 1 aliphatic rings. The number of hydrogen-bond acceptors (Lipinski definition) is 4. The Balaban J connectivity index is 1.86. The van der Waals surface area contributed by atoms with Crippen LogP contribution in [0.1, 0.15) is 43.9 Å². The number of hydrogen-bond donors (Lipinski definition) is 2. The van der Waals surface area contributed by atoms with Crippen molar-refractivity contribution in [2.24, 2.45) is 11.8 Å². The van der Waals surface area contributed by atoms with Crippen LogP contribution in [0.5, 0.6) is 0 Å². The molecule has 0 atom stereocenters. The van der Waals surface area contributed by atoms with Crippen LogP contribution in [-0.4, -0.2) is 26.7 Å². The van der Waals surface area contributed by atoms with E-state index in [4.69, 9.17) is 5.11 Å². The highest BCUT2D eigenvalue weighted by Crippen LogP contribution is 2.30. The van der Waals surface area contributed by atoms with Gasteiger partial charge in [-0.1, -0.05) is 26.2 Å². The van der Waals surface area contributed by atoms with Gasteiger partial charge in [0.05, 0.1) is 0 Å². The Morgan fingerprint density at radius 2 is 1.90 bits per heavy atom. The van der Waals surface area contributed by atoms with Crippen molar-refractivity contribution in [1.82, 2.24) is 4.72 Å². The second-order valence-corrected chi connectivity index (χ2v) is 9.00. The standard InChI is InChI=1S/C15H25NO3S2/c1-2-12-3-5-13(6-4-12)11-16-21(18,19)15-8-7-14(20-15)9-10-17/h7-8,12-13,16-17H,2-6,9-11H2,1H3. The van der Waals surface area contributed by atoms with Crippen LogP contribution in [0.25, 0.3) is 0 Å². The molecule has 6 heteroatoms. The second-order valence-electron chi connectivity index (χ2n) is 5.84. The van der Waals surface area contributed by atoms with Gasteiger partial charge >= 0.3 is 0 Å². The van der Waals surface area contributed by atoms with Crippen LogP contribution < -0.4 is 4.72 Å². The topological polar surface area (TPSA) is 66.4 Å². The summed E-state index contributed by atoms with van der Waals surface area (Å²) >= 11 is 1.24. The van der Waals surface area contributed by atoms with Gasteiger partial charge < -0.3 is 5.11 Å². The van der Waals surface area contributed by atoms with Gasteiger partial charge in [-0.05, 0) is 36.8 Å². The van der Waals surface area contributed by atoms with Crippen molar-refractivity contribution in [3.05, 3.63) is 17.0 Å². The number of aliphatic hydroxyl groups is 1. The third-order valence-corrected chi connectivity index (χ3v) is 7.43. The van der Waals surface area contributed by atoms with E-state index in [1.165, 1.54) is 30.6 Å². The lowest BCUT2D eigenvalue weighted by Gasteiger charge is -2.27. The van der Waals surface area contributed by atoms with E-state index in [0.717, 1.165) is 23.6 Å². The van der Waals surface area contributed by atoms with Gasteiger partial charge in [-0.3, -0.25) is 0 Å². The Hall–Kier alpha value is -0.430. The smallest absolute Gasteiger partial charge is 0.250 e. The van der Waals surface area contributed by atoms with E-state index in [9.17, 15) is 8.42 Å². The van der Waals surface area contributed by atoms with Crippen molar-refractivity contribution in [2.75, 3.05) is 13.2 Å². The van der Waals surface area contributed by atoms with Gasteiger partial charge in [-0.25, -0.2) is 13.1 Å². The van der Waals surface area contributed by atoms with Gasteiger partial charge in [0.2, 0.25) is 10.0 Å². The van der Waals surface area contributed by atoms with E-state index in [0.29, 0.717) is 23.1 Å². The molecule has 0 unspecified atom stereocenters. The van der Waals surface area contributed by atoms with Crippen molar-refractivity contribution < 1.29 is 13.5 Å². The molecule has 0 bridgehead atoms. The molecule has 2 rings (SSSR count). The Morgan fingerprint density at radius 1 is 1.24 bits per heavy atom. The fraction of sp³-hybridized carbons (Fsp3) is 0.733. The van der Waals surface area contributed by atoms with E-state index < -0.39 is 10.0 Å². The van der Waals surface area contributed by atoms with Gasteiger partial charge in [-0.2, -0.15) is 0 Å². The molecule has 120 valence electrons. The molecule has 2 N–H and O–H groups in total. The summed E-state index contributed by atoms with van der Waals surface area (Å²) in [5.74, 6) is 1.30. The van der Waals surface area contributed by atoms with Crippen molar-refractivity contribution in [1.29, 1.82) is 0 Å². The molecule has 1 heterocycles. The van der Waals surface area contributed by atoms with Gasteiger partial charge in [-0.15, -0.1) is 11.3 Å². The fourth-order valence-electron chi connectivity index (χ4n) is 2.89. The zero-order chi connectivity index (χ0) is 15.3. The minimum absolute atomic E-state index is 0.0497. The molecule has 0 amide bonds. The summed E-state index contributed by atoms with van der Waals surface area (Å²) in [5, 5.41) is 8.89. The minimum Gasteiger partial charge on any atom is -0.396 e. The molecular weight excluding hydrogens is 306 g/mol. The Labute approximate surface area is 131 Å². The Bertz CT molecular complexity index is 531. The van der Waals surface area contributed by atoms with E-state index >= 15 is 0 Å². The van der Waals surface area contributed by atoms with E-state index in [1.807, 2.05) is 0 Å². The lowest BCUT2D eigenvalue weighted by atomic mass is 9.81. The van der Waals surface area contributed by atoms with E-state index in [-0.39, 0.29) is 6.61 Å². The molecule has 21 heavy (non-hydrogen) atoms. The lowest BCUT2D eigenvalue weighted by Crippen LogP contribution is -2.30. The molecule has 0 saturated heterocycles. The van der Waals surface area contributed by atoms with E-state index in [1.54, 1.807) is 12.1 Å². The van der Waals surface area contributed by atoms with E-state index in [2.05, 4.69) is 11.6 Å². The minimum atomic E-state index is -3.39. The quantitative estimate of drug-likeness (QED) is 0.807. The molecule has 1 aliphatic carbocycles.